The number of likely N-dealkylation sites (tertiary alicyclic amines) is 1. The van der Waals surface area contributed by atoms with Crippen LogP contribution in [-0.2, 0) is 19.1 Å². The Morgan fingerprint density at radius 2 is 2.18 bits per heavy atom. The minimum Gasteiger partial charge on any atom is -0.469 e. The minimum absolute atomic E-state index is 0.179. The molecule has 0 N–H and O–H groups in total. The molecule has 17 heavy (non-hydrogen) atoms. The predicted molar refractivity (Wildman–Crippen MR) is 62.4 cm³/mol. The number of esters is 2. The number of nitrogens with zero attached hydrogens (tertiary/aromatic N) is 1. The molecule has 0 bridgehead atoms. The first-order valence-corrected chi connectivity index (χ1v) is 6.08. The molecular formula is C12H21NO4. The highest BCUT2D eigenvalue weighted by molar-refractivity contribution is 5.76. The number of ether oxygens (including phenoxy) is 2. The molecule has 1 aliphatic heterocycles. The first-order chi connectivity index (χ1) is 8.10. The second kappa shape index (κ2) is 6.59. The Morgan fingerprint density at radius 1 is 1.47 bits per heavy atom. The molecule has 0 aromatic carbocycles. The maximum Gasteiger partial charge on any atom is 0.323 e. The second-order valence-electron chi connectivity index (χ2n) is 4.33. The maximum absolute atomic E-state index is 11.7. The van der Waals surface area contributed by atoms with Gasteiger partial charge in [0.25, 0.3) is 0 Å². The van der Waals surface area contributed by atoms with Crippen molar-refractivity contribution in [1.29, 1.82) is 0 Å². The summed E-state index contributed by atoms with van der Waals surface area (Å²) in [4.78, 5) is 25.0. The normalized spacial score (nSPS) is 22.2. The summed E-state index contributed by atoms with van der Waals surface area (Å²) in [6, 6.07) is -0.193. The number of hydrogen-bond acceptors (Lipinski definition) is 5. The van der Waals surface area contributed by atoms with E-state index in [0.29, 0.717) is 13.2 Å². The van der Waals surface area contributed by atoms with E-state index in [-0.39, 0.29) is 23.9 Å². The van der Waals surface area contributed by atoms with Crippen molar-refractivity contribution in [2.24, 2.45) is 5.92 Å². The molecule has 0 amide bonds. The average molecular weight is 243 g/mol. The van der Waals surface area contributed by atoms with Gasteiger partial charge in [0, 0.05) is 6.54 Å². The molecule has 2 atom stereocenters. The smallest absolute Gasteiger partial charge is 0.323 e. The molecular weight excluding hydrogens is 222 g/mol. The lowest BCUT2D eigenvalue weighted by molar-refractivity contribution is -0.151. The van der Waals surface area contributed by atoms with Crippen molar-refractivity contribution < 1.29 is 19.1 Å². The molecule has 1 saturated heterocycles. The van der Waals surface area contributed by atoms with E-state index in [1.165, 1.54) is 7.11 Å². The SMILES string of the molecule is CCOC(=O)C1CCCN1CC(C)C(=O)OC. The van der Waals surface area contributed by atoms with Crippen molar-refractivity contribution in [3.05, 3.63) is 0 Å². The van der Waals surface area contributed by atoms with Crippen LogP contribution < -0.4 is 0 Å². The molecule has 1 aliphatic rings. The lowest BCUT2D eigenvalue weighted by Gasteiger charge is -2.24. The number of rotatable bonds is 5. The van der Waals surface area contributed by atoms with Crippen molar-refractivity contribution in [3.63, 3.8) is 0 Å². The molecule has 5 nitrogen and oxygen atoms in total. The summed E-state index contributed by atoms with van der Waals surface area (Å²) in [5.74, 6) is -0.628. The van der Waals surface area contributed by atoms with Gasteiger partial charge >= 0.3 is 11.9 Å². The number of methoxy groups -OCH3 is 1. The molecule has 1 fully saturated rings. The van der Waals surface area contributed by atoms with Crippen LogP contribution in [0.3, 0.4) is 0 Å². The molecule has 2 unspecified atom stereocenters. The fourth-order valence-corrected chi connectivity index (χ4v) is 2.18. The van der Waals surface area contributed by atoms with Crippen molar-refractivity contribution in [1.82, 2.24) is 4.90 Å². The van der Waals surface area contributed by atoms with Gasteiger partial charge in [-0.05, 0) is 26.3 Å². The van der Waals surface area contributed by atoms with Gasteiger partial charge in [-0.1, -0.05) is 6.92 Å². The zero-order chi connectivity index (χ0) is 12.8. The van der Waals surface area contributed by atoms with Crippen LogP contribution in [-0.4, -0.2) is 49.7 Å². The lowest BCUT2D eigenvalue weighted by Crippen LogP contribution is -2.41. The van der Waals surface area contributed by atoms with E-state index in [2.05, 4.69) is 4.74 Å². The average Bonchev–Trinajstić information content (AvgIpc) is 2.76. The Labute approximate surface area is 102 Å². The van der Waals surface area contributed by atoms with Gasteiger partial charge in [0.2, 0.25) is 0 Å². The van der Waals surface area contributed by atoms with E-state index >= 15 is 0 Å². The molecule has 0 radical (unpaired) electrons. The second-order valence-corrected chi connectivity index (χ2v) is 4.33. The maximum atomic E-state index is 11.7. The topological polar surface area (TPSA) is 55.8 Å². The first kappa shape index (κ1) is 14.0. The van der Waals surface area contributed by atoms with Gasteiger partial charge in [-0.2, -0.15) is 0 Å². The molecule has 0 aromatic heterocycles. The highest BCUT2D eigenvalue weighted by atomic mass is 16.5. The fourth-order valence-electron chi connectivity index (χ4n) is 2.18. The Morgan fingerprint density at radius 3 is 2.76 bits per heavy atom. The standard InChI is InChI=1S/C12H21NO4/c1-4-17-12(15)10-6-5-7-13(10)8-9(2)11(14)16-3/h9-10H,4-8H2,1-3H3. The summed E-state index contributed by atoms with van der Waals surface area (Å²) < 4.78 is 9.71. The summed E-state index contributed by atoms with van der Waals surface area (Å²) in [5.41, 5.74) is 0. The van der Waals surface area contributed by atoms with Crippen molar-refractivity contribution in [2.75, 3.05) is 26.8 Å². The van der Waals surface area contributed by atoms with Crippen molar-refractivity contribution in [2.45, 2.75) is 32.7 Å². The summed E-state index contributed by atoms with van der Waals surface area (Å²) in [7, 11) is 1.38. The number of hydrogen-bond donors (Lipinski definition) is 0. The molecule has 0 aliphatic carbocycles. The molecule has 1 heterocycles. The molecule has 0 saturated carbocycles. The largest absolute Gasteiger partial charge is 0.469 e. The van der Waals surface area contributed by atoms with Gasteiger partial charge in [-0.15, -0.1) is 0 Å². The van der Waals surface area contributed by atoms with Crippen LogP contribution in [0, 0.1) is 5.92 Å². The third-order valence-electron chi connectivity index (χ3n) is 3.03. The number of carbonyl (C=O) groups is 2. The molecule has 98 valence electrons. The van der Waals surface area contributed by atoms with Gasteiger partial charge in [0.05, 0.1) is 19.6 Å². The van der Waals surface area contributed by atoms with E-state index < -0.39 is 0 Å². The molecule has 0 spiro atoms. The quantitative estimate of drug-likeness (QED) is 0.669. The Kier molecular flexibility index (Phi) is 5.41. The highest BCUT2D eigenvalue weighted by Crippen LogP contribution is 2.20. The van der Waals surface area contributed by atoms with E-state index in [4.69, 9.17) is 4.74 Å². The van der Waals surface area contributed by atoms with Gasteiger partial charge < -0.3 is 9.47 Å². The zero-order valence-electron chi connectivity index (χ0n) is 10.8. The lowest BCUT2D eigenvalue weighted by atomic mass is 10.1. The summed E-state index contributed by atoms with van der Waals surface area (Å²) in [6.07, 6.45) is 1.78. The van der Waals surface area contributed by atoms with E-state index in [0.717, 1.165) is 19.4 Å². The van der Waals surface area contributed by atoms with E-state index in [9.17, 15) is 9.59 Å². The van der Waals surface area contributed by atoms with Gasteiger partial charge in [-0.3, -0.25) is 14.5 Å². The summed E-state index contributed by atoms with van der Waals surface area (Å²) in [5, 5.41) is 0. The van der Waals surface area contributed by atoms with Crippen molar-refractivity contribution >= 4 is 11.9 Å². The monoisotopic (exact) mass is 243 g/mol. The Hall–Kier alpha value is -1.10. The Balaban J connectivity index is 2.52. The Bertz CT molecular complexity index is 280. The zero-order valence-corrected chi connectivity index (χ0v) is 10.8. The fraction of sp³-hybridized carbons (Fsp3) is 0.833. The summed E-state index contributed by atoms with van der Waals surface area (Å²) in [6.45, 7) is 5.40. The van der Waals surface area contributed by atoms with Crippen LogP contribution >= 0.6 is 0 Å². The van der Waals surface area contributed by atoms with Gasteiger partial charge in [0.1, 0.15) is 6.04 Å². The summed E-state index contributed by atoms with van der Waals surface area (Å²) >= 11 is 0. The van der Waals surface area contributed by atoms with Crippen molar-refractivity contribution in [3.8, 4) is 0 Å². The van der Waals surface area contributed by atoms with Crippen LogP contribution in [0.4, 0.5) is 0 Å². The molecule has 5 heteroatoms. The third-order valence-corrected chi connectivity index (χ3v) is 3.03. The van der Waals surface area contributed by atoms with E-state index in [1.54, 1.807) is 6.92 Å². The van der Waals surface area contributed by atoms with Crippen LogP contribution in [0.1, 0.15) is 26.7 Å². The molecule has 1 rings (SSSR count). The minimum atomic E-state index is -0.237. The van der Waals surface area contributed by atoms with Crippen LogP contribution in [0.5, 0.6) is 0 Å². The van der Waals surface area contributed by atoms with Gasteiger partial charge in [0.15, 0.2) is 0 Å². The van der Waals surface area contributed by atoms with E-state index in [1.807, 2.05) is 11.8 Å². The first-order valence-electron chi connectivity index (χ1n) is 6.08. The van der Waals surface area contributed by atoms with Crippen LogP contribution in [0.2, 0.25) is 0 Å². The predicted octanol–water partition coefficient (Wildman–Crippen LogP) is 0.823. The third kappa shape index (κ3) is 3.70. The molecule has 0 aromatic rings. The number of carbonyl (C=O) groups excluding carboxylic acids is 2. The highest BCUT2D eigenvalue weighted by Gasteiger charge is 2.33. The van der Waals surface area contributed by atoms with Crippen LogP contribution in [0.25, 0.3) is 0 Å². The van der Waals surface area contributed by atoms with Crippen LogP contribution in [0.15, 0.2) is 0 Å². The van der Waals surface area contributed by atoms with Gasteiger partial charge in [-0.25, -0.2) is 0 Å².